The van der Waals surface area contributed by atoms with Crippen molar-refractivity contribution in [2.75, 3.05) is 13.2 Å². The Hall–Kier alpha value is -3.12. The van der Waals surface area contributed by atoms with Crippen LogP contribution in [0.1, 0.15) is 41.5 Å². The highest BCUT2D eigenvalue weighted by molar-refractivity contribution is 9.10. The lowest BCUT2D eigenvalue weighted by Crippen LogP contribution is -2.26. The Morgan fingerprint density at radius 1 is 1.06 bits per heavy atom. The Morgan fingerprint density at radius 3 is 2.61 bits per heavy atom. The number of carbonyl (C=O) groups is 1. The number of imidazole rings is 1. The van der Waals surface area contributed by atoms with Crippen LogP contribution in [0, 0.1) is 0 Å². The molecule has 4 rings (SSSR count). The number of rotatable bonds is 9. The van der Waals surface area contributed by atoms with Crippen LogP contribution in [-0.4, -0.2) is 28.6 Å². The molecule has 0 radical (unpaired) electrons. The summed E-state index contributed by atoms with van der Waals surface area (Å²) in [5.41, 5.74) is 3.96. The first-order valence-electron chi connectivity index (χ1n) is 11.2. The minimum Gasteiger partial charge on any atom is -0.492 e. The summed E-state index contributed by atoms with van der Waals surface area (Å²) in [4.78, 5) is 17.3. The van der Waals surface area contributed by atoms with Crippen LogP contribution in [0.5, 0.6) is 5.75 Å². The number of aromatic nitrogens is 2. The first kappa shape index (κ1) is 23.1. The van der Waals surface area contributed by atoms with E-state index >= 15 is 0 Å². The van der Waals surface area contributed by atoms with E-state index in [0.717, 1.165) is 27.1 Å². The molecule has 0 fully saturated rings. The van der Waals surface area contributed by atoms with Gasteiger partial charge in [-0.05, 0) is 53.9 Å². The van der Waals surface area contributed by atoms with E-state index in [4.69, 9.17) is 9.72 Å². The van der Waals surface area contributed by atoms with Crippen molar-refractivity contribution in [1.82, 2.24) is 14.9 Å². The van der Waals surface area contributed by atoms with Crippen LogP contribution >= 0.6 is 15.9 Å². The second-order valence-electron chi connectivity index (χ2n) is 8.26. The van der Waals surface area contributed by atoms with Gasteiger partial charge in [0.05, 0.1) is 17.6 Å². The molecule has 0 saturated heterocycles. The lowest BCUT2D eigenvalue weighted by atomic mass is 10.0. The van der Waals surface area contributed by atoms with Crippen LogP contribution in [0.4, 0.5) is 0 Å². The molecule has 1 heterocycles. The minimum atomic E-state index is -0.0906. The summed E-state index contributed by atoms with van der Waals surface area (Å²) in [7, 11) is 0. The molecule has 1 amide bonds. The van der Waals surface area contributed by atoms with Gasteiger partial charge in [-0.2, -0.15) is 0 Å². The number of nitrogens with one attached hydrogen (secondary N) is 1. The zero-order chi connectivity index (χ0) is 23.2. The van der Waals surface area contributed by atoms with E-state index in [1.165, 1.54) is 5.56 Å². The van der Waals surface area contributed by atoms with E-state index in [0.29, 0.717) is 37.6 Å². The summed E-state index contributed by atoms with van der Waals surface area (Å²) in [5, 5.41) is 3.00. The van der Waals surface area contributed by atoms with Crippen molar-refractivity contribution in [3.63, 3.8) is 0 Å². The van der Waals surface area contributed by atoms with Crippen molar-refractivity contribution in [2.24, 2.45) is 0 Å². The van der Waals surface area contributed by atoms with Crippen LogP contribution in [0.25, 0.3) is 11.0 Å². The van der Waals surface area contributed by atoms with Crippen molar-refractivity contribution in [2.45, 2.75) is 32.7 Å². The molecule has 0 spiro atoms. The van der Waals surface area contributed by atoms with Crippen molar-refractivity contribution < 1.29 is 9.53 Å². The quantitative estimate of drug-likeness (QED) is 0.304. The van der Waals surface area contributed by atoms with Crippen LogP contribution in [0.15, 0.2) is 77.3 Å². The zero-order valence-electron chi connectivity index (χ0n) is 18.9. The highest BCUT2D eigenvalue weighted by Crippen LogP contribution is 2.20. The first-order valence-corrected chi connectivity index (χ1v) is 12.0. The van der Waals surface area contributed by atoms with Gasteiger partial charge in [0.15, 0.2) is 0 Å². The van der Waals surface area contributed by atoms with E-state index in [1.807, 2.05) is 48.5 Å². The van der Waals surface area contributed by atoms with Crippen molar-refractivity contribution >= 4 is 32.9 Å². The van der Waals surface area contributed by atoms with Crippen LogP contribution in [-0.2, 0) is 13.0 Å². The van der Waals surface area contributed by atoms with Gasteiger partial charge in [0, 0.05) is 23.0 Å². The summed E-state index contributed by atoms with van der Waals surface area (Å²) >= 11 is 3.41. The molecule has 6 heteroatoms. The monoisotopic (exact) mass is 505 g/mol. The molecule has 0 aliphatic carbocycles. The third-order valence-electron chi connectivity index (χ3n) is 5.58. The molecular formula is C27H28BrN3O2. The van der Waals surface area contributed by atoms with Gasteiger partial charge in [0.2, 0.25) is 0 Å². The number of amides is 1. The average molecular weight is 506 g/mol. The maximum Gasteiger partial charge on any atom is 0.251 e. The number of fused-ring (bicyclic) bond motifs is 1. The van der Waals surface area contributed by atoms with E-state index < -0.39 is 0 Å². The molecule has 0 aliphatic heterocycles. The molecule has 0 aliphatic rings. The number of benzene rings is 3. The molecule has 0 unspecified atom stereocenters. The predicted octanol–water partition coefficient (Wildman–Crippen LogP) is 5.97. The second-order valence-corrected chi connectivity index (χ2v) is 9.17. The number of halogens is 1. The summed E-state index contributed by atoms with van der Waals surface area (Å²) in [6.45, 7) is 6.10. The van der Waals surface area contributed by atoms with Crippen molar-refractivity contribution in [3.8, 4) is 5.75 Å². The smallest absolute Gasteiger partial charge is 0.251 e. The fraction of sp³-hybridized carbons (Fsp3) is 0.259. The number of nitrogens with zero attached hydrogens (tertiary/aromatic N) is 2. The van der Waals surface area contributed by atoms with Crippen molar-refractivity contribution in [3.05, 3.63) is 94.2 Å². The number of ether oxygens (including phenoxy) is 1. The number of para-hydroxylation sites is 2. The molecule has 3 aromatic carbocycles. The summed E-state index contributed by atoms with van der Waals surface area (Å²) < 4.78 is 9.08. The summed E-state index contributed by atoms with van der Waals surface area (Å²) in [6.07, 6.45) is 0.636. The maximum absolute atomic E-state index is 12.5. The minimum absolute atomic E-state index is 0.0906. The molecule has 0 atom stereocenters. The highest BCUT2D eigenvalue weighted by Gasteiger charge is 2.12. The Bertz CT molecular complexity index is 1230. The zero-order valence-corrected chi connectivity index (χ0v) is 20.5. The normalized spacial score (nSPS) is 11.2. The lowest BCUT2D eigenvalue weighted by molar-refractivity contribution is 0.0954. The van der Waals surface area contributed by atoms with Crippen molar-refractivity contribution in [1.29, 1.82) is 0 Å². The molecule has 4 aromatic rings. The van der Waals surface area contributed by atoms with E-state index in [9.17, 15) is 4.79 Å². The molecule has 1 aromatic heterocycles. The third-order valence-corrected chi connectivity index (χ3v) is 6.08. The molecule has 170 valence electrons. The Labute approximate surface area is 202 Å². The molecule has 5 nitrogen and oxygen atoms in total. The van der Waals surface area contributed by atoms with E-state index in [1.54, 1.807) is 6.07 Å². The van der Waals surface area contributed by atoms with Gasteiger partial charge in [0.25, 0.3) is 5.91 Å². The highest BCUT2D eigenvalue weighted by atomic mass is 79.9. The largest absolute Gasteiger partial charge is 0.492 e. The first-order chi connectivity index (χ1) is 16.0. The summed E-state index contributed by atoms with van der Waals surface area (Å²) in [5.74, 6) is 2.21. The third kappa shape index (κ3) is 5.82. The fourth-order valence-corrected chi connectivity index (χ4v) is 4.19. The Balaban J connectivity index is 1.40. The van der Waals surface area contributed by atoms with Gasteiger partial charge in [-0.3, -0.25) is 4.79 Å². The second kappa shape index (κ2) is 10.7. The van der Waals surface area contributed by atoms with Gasteiger partial charge >= 0.3 is 0 Å². The number of carbonyl (C=O) groups excluding carboxylic acids is 1. The van der Waals surface area contributed by atoms with Crippen LogP contribution in [0.3, 0.4) is 0 Å². The van der Waals surface area contributed by atoms with Gasteiger partial charge in [0.1, 0.15) is 18.2 Å². The maximum atomic E-state index is 12.5. The number of hydrogen-bond donors (Lipinski definition) is 1. The van der Waals surface area contributed by atoms with Gasteiger partial charge in [-0.25, -0.2) is 4.98 Å². The van der Waals surface area contributed by atoms with Crippen LogP contribution < -0.4 is 10.1 Å². The van der Waals surface area contributed by atoms with Crippen LogP contribution in [0.2, 0.25) is 0 Å². The standard InChI is InChI=1S/C27H28BrN3O2/c1-19(2)20-10-12-23(13-11-20)33-17-16-31-25-9-4-3-8-24(25)30-26(31)14-15-29-27(32)21-6-5-7-22(28)18-21/h3-13,18-19H,14-17H2,1-2H3,(H,29,32). The van der Waals surface area contributed by atoms with Gasteiger partial charge < -0.3 is 14.6 Å². The van der Waals surface area contributed by atoms with E-state index in [-0.39, 0.29) is 5.91 Å². The lowest BCUT2D eigenvalue weighted by Gasteiger charge is -2.12. The SMILES string of the molecule is CC(C)c1ccc(OCCn2c(CCNC(=O)c3cccc(Br)c3)nc3ccccc32)cc1. The Kier molecular flexibility index (Phi) is 7.45. The predicted molar refractivity (Wildman–Crippen MR) is 136 cm³/mol. The molecule has 0 bridgehead atoms. The fourth-order valence-electron chi connectivity index (χ4n) is 3.79. The molecule has 0 saturated carbocycles. The molecular weight excluding hydrogens is 478 g/mol. The topological polar surface area (TPSA) is 56.1 Å². The summed E-state index contributed by atoms with van der Waals surface area (Å²) in [6, 6.07) is 23.8. The van der Waals surface area contributed by atoms with Gasteiger partial charge in [-0.15, -0.1) is 0 Å². The molecule has 1 N–H and O–H groups in total. The average Bonchev–Trinajstić information content (AvgIpc) is 3.17. The Morgan fingerprint density at radius 2 is 1.85 bits per heavy atom. The van der Waals surface area contributed by atoms with Gasteiger partial charge in [-0.1, -0.05) is 60.1 Å². The molecule has 33 heavy (non-hydrogen) atoms. The number of hydrogen-bond acceptors (Lipinski definition) is 3. The van der Waals surface area contributed by atoms with E-state index in [2.05, 4.69) is 57.9 Å².